The first-order valence-electron chi connectivity index (χ1n) is 5.42. The lowest BCUT2D eigenvalue weighted by Gasteiger charge is -2.26. The number of thioether (sulfide) groups is 1. The average Bonchev–Trinajstić information content (AvgIpc) is 2.88. The van der Waals surface area contributed by atoms with Crippen molar-refractivity contribution in [2.24, 2.45) is 5.92 Å². The van der Waals surface area contributed by atoms with Crippen LogP contribution in [0.3, 0.4) is 0 Å². The Hall–Kier alpha value is -0.970. The van der Waals surface area contributed by atoms with Crippen LogP contribution in [0.25, 0.3) is 0 Å². The lowest BCUT2D eigenvalue weighted by Crippen LogP contribution is -2.56. The van der Waals surface area contributed by atoms with E-state index in [0.29, 0.717) is 12.2 Å². The average molecular weight is 241 g/mol. The number of hydrogen-bond acceptors (Lipinski definition) is 3. The van der Waals surface area contributed by atoms with Crippen LogP contribution in [-0.2, 0) is 9.59 Å². The standard InChI is InChI=1S/C11H15NO3S/c13-9(8-3-1-2-4-8)12-11(10(14)15)5-6-16-7-11/h1-2,8H,3-7H2,(H,12,13)(H,14,15). The molecule has 1 fully saturated rings. The highest BCUT2D eigenvalue weighted by Crippen LogP contribution is 2.29. The van der Waals surface area contributed by atoms with E-state index < -0.39 is 11.5 Å². The molecule has 2 rings (SSSR count). The molecule has 1 heterocycles. The molecular formula is C11H15NO3S. The van der Waals surface area contributed by atoms with Gasteiger partial charge in [-0.15, -0.1) is 0 Å². The molecule has 1 atom stereocenters. The van der Waals surface area contributed by atoms with E-state index in [1.807, 2.05) is 12.2 Å². The van der Waals surface area contributed by atoms with Crippen molar-refractivity contribution in [3.63, 3.8) is 0 Å². The molecule has 1 amide bonds. The summed E-state index contributed by atoms with van der Waals surface area (Å²) < 4.78 is 0. The van der Waals surface area contributed by atoms with Crippen LogP contribution in [-0.4, -0.2) is 34.0 Å². The first kappa shape index (κ1) is 11.5. The van der Waals surface area contributed by atoms with Crippen LogP contribution in [0.2, 0.25) is 0 Å². The van der Waals surface area contributed by atoms with Gasteiger partial charge in [0.1, 0.15) is 5.54 Å². The van der Waals surface area contributed by atoms with Gasteiger partial charge in [-0.05, 0) is 25.0 Å². The van der Waals surface area contributed by atoms with E-state index in [4.69, 9.17) is 0 Å². The number of hydrogen-bond donors (Lipinski definition) is 2. The van der Waals surface area contributed by atoms with E-state index in [-0.39, 0.29) is 11.8 Å². The molecule has 2 aliphatic rings. The third-order valence-electron chi connectivity index (χ3n) is 3.17. The molecule has 0 aromatic rings. The summed E-state index contributed by atoms with van der Waals surface area (Å²) in [7, 11) is 0. The van der Waals surface area contributed by atoms with E-state index in [9.17, 15) is 14.7 Å². The maximum atomic E-state index is 11.9. The van der Waals surface area contributed by atoms with Crippen LogP contribution in [0.4, 0.5) is 0 Å². The number of carboxylic acid groups (broad SMARTS) is 1. The second kappa shape index (κ2) is 4.49. The number of aliphatic carboxylic acids is 1. The maximum absolute atomic E-state index is 11.9. The normalized spacial score (nSPS) is 29.5. The van der Waals surface area contributed by atoms with Gasteiger partial charge in [0, 0.05) is 11.7 Å². The SMILES string of the molecule is O=C(NC1(C(=O)O)CCSC1)C1CC=CC1. The first-order valence-corrected chi connectivity index (χ1v) is 6.58. The molecule has 0 radical (unpaired) electrons. The van der Waals surface area contributed by atoms with Gasteiger partial charge in [0.05, 0.1) is 0 Å². The summed E-state index contributed by atoms with van der Waals surface area (Å²) >= 11 is 1.58. The Morgan fingerprint density at radius 2 is 2.06 bits per heavy atom. The lowest BCUT2D eigenvalue weighted by molar-refractivity contribution is -0.147. The topological polar surface area (TPSA) is 66.4 Å². The molecule has 16 heavy (non-hydrogen) atoms. The molecule has 0 aromatic carbocycles. The Morgan fingerprint density at radius 1 is 1.38 bits per heavy atom. The van der Waals surface area contributed by atoms with Crippen LogP contribution < -0.4 is 5.32 Å². The molecule has 88 valence electrons. The van der Waals surface area contributed by atoms with Gasteiger partial charge in [-0.25, -0.2) is 4.79 Å². The summed E-state index contributed by atoms with van der Waals surface area (Å²) in [5.41, 5.74) is -1.02. The second-order valence-corrected chi connectivity index (χ2v) is 5.42. The van der Waals surface area contributed by atoms with Gasteiger partial charge in [0.2, 0.25) is 5.91 Å². The zero-order valence-electron chi connectivity index (χ0n) is 8.94. The fourth-order valence-corrected chi connectivity index (χ4v) is 3.38. The zero-order chi connectivity index (χ0) is 11.6. The monoisotopic (exact) mass is 241 g/mol. The number of amides is 1. The Balaban J connectivity index is 2.00. The summed E-state index contributed by atoms with van der Waals surface area (Å²) in [6.45, 7) is 0. The van der Waals surface area contributed by atoms with Crippen LogP contribution in [0.15, 0.2) is 12.2 Å². The van der Waals surface area contributed by atoms with E-state index in [2.05, 4.69) is 5.32 Å². The number of allylic oxidation sites excluding steroid dienone is 2. The molecule has 5 heteroatoms. The number of rotatable bonds is 3. The van der Waals surface area contributed by atoms with Gasteiger partial charge in [0.15, 0.2) is 0 Å². The summed E-state index contributed by atoms with van der Waals surface area (Å²) in [6.07, 6.45) is 5.93. The largest absolute Gasteiger partial charge is 0.479 e. The molecule has 1 saturated heterocycles. The molecule has 4 nitrogen and oxygen atoms in total. The van der Waals surface area contributed by atoms with E-state index in [0.717, 1.165) is 18.6 Å². The summed E-state index contributed by atoms with van der Waals surface area (Å²) in [5.74, 6) is 0.192. The van der Waals surface area contributed by atoms with E-state index in [1.165, 1.54) is 0 Å². The third kappa shape index (κ3) is 2.09. The predicted octanol–water partition coefficient (Wildman–Crippen LogP) is 1.03. The Kier molecular flexibility index (Phi) is 3.23. The van der Waals surface area contributed by atoms with E-state index >= 15 is 0 Å². The number of carboxylic acids is 1. The summed E-state index contributed by atoms with van der Waals surface area (Å²) in [4.78, 5) is 23.1. The van der Waals surface area contributed by atoms with Gasteiger partial charge < -0.3 is 10.4 Å². The summed E-state index contributed by atoms with van der Waals surface area (Å²) in [6, 6.07) is 0. The number of nitrogens with one attached hydrogen (secondary N) is 1. The molecule has 0 spiro atoms. The zero-order valence-corrected chi connectivity index (χ0v) is 9.76. The molecule has 1 aliphatic heterocycles. The second-order valence-electron chi connectivity index (χ2n) is 4.32. The molecule has 1 aliphatic carbocycles. The molecule has 2 N–H and O–H groups in total. The van der Waals surface area contributed by atoms with Crippen LogP contribution >= 0.6 is 11.8 Å². The molecule has 0 saturated carbocycles. The smallest absolute Gasteiger partial charge is 0.330 e. The molecule has 0 bridgehead atoms. The molecular weight excluding hydrogens is 226 g/mol. The fourth-order valence-electron chi connectivity index (χ4n) is 2.05. The Labute approximate surface area is 98.5 Å². The van der Waals surface area contributed by atoms with Gasteiger partial charge in [-0.2, -0.15) is 11.8 Å². The van der Waals surface area contributed by atoms with Crippen molar-refractivity contribution >= 4 is 23.6 Å². The van der Waals surface area contributed by atoms with Crippen molar-refractivity contribution in [2.75, 3.05) is 11.5 Å². The van der Waals surface area contributed by atoms with Crippen molar-refractivity contribution in [1.29, 1.82) is 0 Å². The van der Waals surface area contributed by atoms with Crippen LogP contribution in [0.1, 0.15) is 19.3 Å². The first-order chi connectivity index (χ1) is 7.64. The van der Waals surface area contributed by atoms with Crippen LogP contribution in [0.5, 0.6) is 0 Å². The van der Waals surface area contributed by atoms with Gasteiger partial charge in [0.25, 0.3) is 0 Å². The minimum absolute atomic E-state index is 0.0678. The number of carbonyl (C=O) groups is 2. The highest BCUT2D eigenvalue weighted by atomic mass is 32.2. The van der Waals surface area contributed by atoms with Crippen molar-refractivity contribution < 1.29 is 14.7 Å². The van der Waals surface area contributed by atoms with E-state index in [1.54, 1.807) is 11.8 Å². The Bertz CT molecular complexity index is 326. The fraction of sp³-hybridized carbons (Fsp3) is 0.636. The number of carbonyl (C=O) groups excluding carboxylic acids is 1. The third-order valence-corrected chi connectivity index (χ3v) is 4.36. The Morgan fingerprint density at radius 3 is 2.56 bits per heavy atom. The quantitative estimate of drug-likeness (QED) is 0.724. The van der Waals surface area contributed by atoms with Gasteiger partial charge in [-0.3, -0.25) is 4.79 Å². The van der Waals surface area contributed by atoms with Gasteiger partial charge >= 0.3 is 5.97 Å². The van der Waals surface area contributed by atoms with Crippen LogP contribution in [0, 0.1) is 5.92 Å². The predicted molar refractivity (Wildman–Crippen MR) is 62.3 cm³/mol. The summed E-state index contributed by atoms with van der Waals surface area (Å²) in [5, 5.41) is 11.9. The highest BCUT2D eigenvalue weighted by Gasteiger charge is 2.44. The molecule has 1 unspecified atom stereocenters. The lowest BCUT2D eigenvalue weighted by atomic mass is 9.97. The highest BCUT2D eigenvalue weighted by molar-refractivity contribution is 7.99. The van der Waals surface area contributed by atoms with Crippen molar-refractivity contribution in [3.05, 3.63) is 12.2 Å². The minimum Gasteiger partial charge on any atom is -0.479 e. The molecule has 0 aromatic heterocycles. The van der Waals surface area contributed by atoms with Crippen molar-refractivity contribution in [1.82, 2.24) is 5.32 Å². The maximum Gasteiger partial charge on any atom is 0.330 e. The van der Waals surface area contributed by atoms with Crippen molar-refractivity contribution in [2.45, 2.75) is 24.8 Å². The van der Waals surface area contributed by atoms with Crippen molar-refractivity contribution in [3.8, 4) is 0 Å². The van der Waals surface area contributed by atoms with Gasteiger partial charge in [-0.1, -0.05) is 12.2 Å². The minimum atomic E-state index is -1.02.